The monoisotopic (exact) mass is 205 g/mol. The fourth-order valence-corrected chi connectivity index (χ4v) is 1.62. The summed E-state index contributed by atoms with van der Waals surface area (Å²) in [6, 6.07) is 1.92. The number of nitrogens with two attached hydrogens (primary N) is 1. The van der Waals surface area contributed by atoms with Crippen molar-refractivity contribution in [3.05, 3.63) is 23.9 Å². The van der Waals surface area contributed by atoms with Crippen molar-refractivity contribution < 1.29 is 0 Å². The normalized spacial score (nSPS) is 13.3. The molecule has 0 bridgehead atoms. The summed E-state index contributed by atoms with van der Waals surface area (Å²) >= 11 is 0. The minimum Gasteiger partial charge on any atom is -0.330 e. The van der Waals surface area contributed by atoms with Crippen LogP contribution in [0.3, 0.4) is 0 Å². The molecule has 0 aliphatic heterocycles. The lowest BCUT2D eigenvalue weighted by atomic mass is 10.1. The van der Waals surface area contributed by atoms with Crippen LogP contribution in [0.5, 0.6) is 0 Å². The lowest BCUT2D eigenvalue weighted by Gasteiger charge is -2.07. The Morgan fingerprint density at radius 2 is 2.27 bits per heavy atom. The molecule has 1 atom stereocenters. The van der Waals surface area contributed by atoms with Gasteiger partial charge in [-0.05, 0) is 19.9 Å². The molecule has 2 aromatic rings. The van der Waals surface area contributed by atoms with E-state index in [0.717, 1.165) is 23.6 Å². The van der Waals surface area contributed by atoms with Gasteiger partial charge in [-0.3, -0.25) is 4.40 Å². The molecule has 15 heavy (non-hydrogen) atoms. The summed E-state index contributed by atoms with van der Waals surface area (Å²) in [5.41, 5.74) is 7.33. The van der Waals surface area contributed by atoms with Crippen molar-refractivity contribution in [2.24, 2.45) is 5.73 Å². The van der Waals surface area contributed by atoms with Crippen LogP contribution in [0.15, 0.2) is 12.4 Å². The zero-order chi connectivity index (χ0) is 10.8. The number of hydrogen-bond donors (Lipinski definition) is 1. The van der Waals surface area contributed by atoms with Crippen LogP contribution in [0.1, 0.15) is 30.8 Å². The van der Waals surface area contributed by atoms with Gasteiger partial charge in [0.15, 0.2) is 5.65 Å². The Morgan fingerprint density at radius 3 is 3.00 bits per heavy atom. The van der Waals surface area contributed by atoms with E-state index in [1.807, 2.05) is 17.4 Å². The van der Waals surface area contributed by atoms with Crippen molar-refractivity contribution in [3.8, 4) is 0 Å². The molecule has 0 aliphatic carbocycles. The van der Waals surface area contributed by atoms with Gasteiger partial charge in [-0.25, -0.2) is 4.98 Å². The molecule has 0 spiro atoms. The Morgan fingerprint density at radius 1 is 1.47 bits per heavy atom. The molecule has 2 rings (SSSR count). The van der Waals surface area contributed by atoms with Crippen molar-refractivity contribution in [2.75, 3.05) is 6.54 Å². The number of rotatable bonds is 3. The van der Waals surface area contributed by atoms with Crippen LogP contribution in [0.2, 0.25) is 0 Å². The van der Waals surface area contributed by atoms with Gasteiger partial charge in [0.2, 0.25) is 0 Å². The van der Waals surface area contributed by atoms with Crippen LogP contribution in [-0.4, -0.2) is 26.1 Å². The Labute approximate surface area is 88.3 Å². The summed E-state index contributed by atoms with van der Waals surface area (Å²) in [7, 11) is 0. The molecule has 80 valence electrons. The van der Waals surface area contributed by atoms with Crippen LogP contribution in [0.25, 0.3) is 5.65 Å². The van der Waals surface area contributed by atoms with Crippen molar-refractivity contribution >= 4 is 5.65 Å². The maximum absolute atomic E-state index is 5.53. The van der Waals surface area contributed by atoms with Crippen LogP contribution >= 0.6 is 0 Å². The predicted molar refractivity (Wildman–Crippen MR) is 57.6 cm³/mol. The first-order valence-electron chi connectivity index (χ1n) is 5.09. The van der Waals surface area contributed by atoms with E-state index in [1.165, 1.54) is 0 Å². The molecule has 0 amide bonds. The first-order valence-corrected chi connectivity index (χ1v) is 5.09. The topological polar surface area (TPSA) is 69.1 Å². The minimum atomic E-state index is 0.314. The third kappa shape index (κ3) is 1.83. The Kier molecular flexibility index (Phi) is 2.64. The molecular weight excluding hydrogens is 190 g/mol. The summed E-state index contributed by atoms with van der Waals surface area (Å²) in [4.78, 5) is 4.23. The van der Waals surface area contributed by atoms with Crippen molar-refractivity contribution in [1.82, 2.24) is 19.6 Å². The van der Waals surface area contributed by atoms with Gasteiger partial charge in [-0.2, -0.15) is 0 Å². The maximum atomic E-state index is 5.53. The van der Waals surface area contributed by atoms with Crippen molar-refractivity contribution in [2.45, 2.75) is 26.2 Å². The molecule has 2 heterocycles. The second kappa shape index (κ2) is 3.94. The Hall–Kier alpha value is -1.49. The lowest BCUT2D eigenvalue weighted by molar-refractivity contribution is 0.637. The highest BCUT2D eigenvalue weighted by Crippen LogP contribution is 2.16. The fraction of sp³-hybridized carbons (Fsp3) is 0.500. The molecule has 2 aromatic heterocycles. The molecule has 5 nitrogen and oxygen atoms in total. The quantitative estimate of drug-likeness (QED) is 0.807. The van der Waals surface area contributed by atoms with Gasteiger partial charge in [-0.15, -0.1) is 10.2 Å². The highest BCUT2D eigenvalue weighted by Gasteiger charge is 2.12. The van der Waals surface area contributed by atoms with Gasteiger partial charge in [0.1, 0.15) is 12.2 Å². The second-order valence-electron chi connectivity index (χ2n) is 3.80. The number of nitrogens with zero attached hydrogens (tertiary/aromatic N) is 4. The van der Waals surface area contributed by atoms with Crippen LogP contribution in [0, 0.1) is 6.92 Å². The zero-order valence-electron chi connectivity index (χ0n) is 9.01. The number of fused-ring (bicyclic) bond motifs is 1. The van der Waals surface area contributed by atoms with Gasteiger partial charge < -0.3 is 5.73 Å². The first-order chi connectivity index (χ1) is 7.22. The van der Waals surface area contributed by atoms with E-state index >= 15 is 0 Å². The summed E-state index contributed by atoms with van der Waals surface area (Å²) in [5, 5.41) is 8.29. The first kappa shape index (κ1) is 10.0. The highest BCUT2D eigenvalue weighted by atomic mass is 15.3. The fourth-order valence-electron chi connectivity index (χ4n) is 1.62. The smallest absolute Gasteiger partial charge is 0.163 e. The van der Waals surface area contributed by atoms with E-state index in [9.17, 15) is 0 Å². The standard InChI is InChI=1S/C10H15N5/c1-7(3-4-11)10-14-13-9-5-8(2)12-6-15(9)10/h5-7H,3-4,11H2,1-2H3. The third-order valence-electron chi connectivity index (χ3n) is 2.50. The van der Waals surface area contributed by atoms with E-state index in [-0.39, 0.29) is 0 Å². The third-order valence-corrected chi connectivity index (χ3v) is 2.50. The summed E-state index contributed by atoms with van der Waals surface area (Å²) < 4.78 is 1.92. The molecule has 5 heteroatoms. The van der Waals surface area contributed by atoms with Gasteiger partial charge in [0.25, 0.3) is 0 Å². The predicted octanol–water partition coefficient (Wildman–Crippen LogP) is 0.885. The molecule has 0 fully saturated rings. The van der Waals surface area contributed by atoms with E-state index in [2.05, 4.69) is 22.1 Å². The van der Waals surface area contributed by atoms with Crippen LogP contribution in [-0.2, 0) is 0 Å². The molecule has 0 saturated heterocycles. The molecule has 0 radical (unpaired) electrons. The molecule has 0 saturated carbocycles. The number of aryl methyl sites for hydroxylation is 1. The SMILES string of the molecule is Cc1cc2nnc(C(C)CCN)n2cn1. The van der Waals surface area contributed by atoms with Crippen molar-refractivity contribution in [1.29, 1.82) is 0 Å². The summed E-state index contributed by atoms with van der Waals surface area (Å²) in [5.74, 6) is 1.25. The van der Waals surface area contributed by atoms with Crippen LogP contribution in [0.4, 0.5) is 0 Å². The van der Waals surface area contributed by atoms with Crippen LogP contribution < -0.4 is 5.73 Å². The van der Waals surface area contributed by atoms with Crippen molar-refractivity contribution in [3.63, 3.8) is 0 Å². The summed E-state index contributed by atoms with van der Waals surface area (Å²) in [6.07, 6.45) is 2.68. The minimum absolute atomic E-state index is 0.314. The number of aromatic nitrogens is 4. The summed E-state index contributed by atoms with van der Waals surface area (Å²) in [6.45, 7) is 4.70. The van der Waals surface area contributed by atoms with Gasteiger partial charge in [0, 0.05) is 17.7 Å². The average Bonchev–Trinajstić information content (AvgIpc) is 2.60. The zero-order valence-corrected chi connectivity index (χ0v) is 9.01. The lowest BCUT2D eigenvalue weighted by Crippen LogP contribution is -2.08. The van der Waals surface area contributed by atoms with E-state index in [0.29, 0.717) is 12.5 Å². The maximum Gasteiger partial charge on any atom is 0.163 e. The molecular formula is C10H15N5. The average molecular weight is 205 g/mol. The van der Waals surface area contributed by atoms with E-state index in [4.69, 9.17) is 5.73 Å². The Bertz CT molecular complexity index is 462. The molecule has 2 N–H and O–H groups in total. The van der Waals surface area contributed by atoms with E-state index in [1.54, 1.807) is 6.33 Å². The highest BCUT2D eigenvalue weighted by molar-refractivity contribution is 5.38. The molecule has 1 unspecified atom stereocenters. The molecule has 0 aromatic carbocycles. The van der Waals surface area contributed by atoms with Gasteiger partial charge in [0.05, 0.1) is 0 Å². The van der Waals surface area contributed by atoms with E-state index < -0.39 is 0 Å². The van der Waals surface area contributed by atoms with Gasteiger partial charge >= 0.3 is 0 Å². The molecule has 0 aliphatic rings. The largest absolute Gasteiger partial charge is 0.330 e. The van der Waals surface area contributed by atoms with Gasteiger partial charge in [-0.1, -0.05) is 6.92 Å². The number of hydrogen-bond acceptors (Lipinski definition) is 4. The second-order valence-corrected chi connectivity index (χ2v) is 3.80. The Balaban J connectivity index is 2.44.